The molecule has 0 aromatic heterocycles. The number of Topliss-reactive ketones (excluding diaryl/α,β-unsaturated/α-hetero) is 2. The minimum absolute atomic E-state index is 0. The topological polar surface area (TPSA) is 113 Å². The van der Waals surface area contributed by atoms with Gasteiger partial charge in [-0.2, -0.15) is 0 Å². The molecule has 2 aromatic rings. The summed E-state index contributed by atoms with van der Waals surface area (Å²) in [6, 6.07) is 13.4. The fraction of sp³-hybridized carbons (Fsp3) is 0.400. The van der Waals surface area contributed by atoms with Crippen molar-refractivity contribution < 1.29 is 139 Å². The molecule has 0 fully saturated rings. The molecule has 0 aliphatic rings. The fourth-order valence-electron chi connectivity index (χ4n) is 1.74. The maximum Gasteiger partial charge on any atom is 1.00 e. The number of phenolic OH excluding ortho intramolecular Hbond substituents is 1. The Bertz CT molecular complexity index is 803. The summed E-state index contributed by atoms with van der Waals surface area (Å²) in [6.07, 6.45) is 0. The summed E-state index contributed by atoms with van der Waals surface area (Å²) in [5, 5.41) is 18.4. The van der Waals surface area contributed by atoms with Crippen LogP contribution in [0.15, 0.2) is 48.5 Å². The number of carbonyl (C=O) groups excluding carboxylic acids is 3. The van der Waals surface area contributed by atoms with E-state index in [2.05, 4.69) is 48.5 Å². The smallest absolute Gasteiger partial charge is 1.00 e. The molecule has 0 radical (unpaired) electrons. The molecule has 0 bridgehead atoms. The minimum Gasteiger partial charge on any atom is -1.00 e. The van der Waals surface area contributed by atoms with E-state index >= 15 is 0 Å². The van der Waals surface area contributed by atoms with Crippen LogP contribution in [-0.2, 0) is 9.68 Å². The van der Waals surface area contributed by atoms with Crippen molar-refractivity contribution >= 4 is 34.0 Å². The van der Waals surface area contributed by atoms with E-state index in [9.17, 15) is 9.59 Å². The van der Waals surface area contributed by atoms with Crippen LogP contribution >= 0.6 is 15.9 Å². The molecule has 10 heteroatoms. The van der Waals surface area contributed by atoms with Gasteiger partial charge in [-0.3, -0.25) is 14.4 Å². The molecule has 0 saturated heterocycles. The van der Waals surface area contributed by atoms with E-state index in [1.807, 2.05) is 12.1 Å². The van der Waals surface area contributed by atoms with Crippen molar-refractivity contribution in [2.24, 2.45) is 11.8 Å². The van der Waals surface area contributed by atoms with E-state index in [-0.39, 0.29) is 128 Å². The summed E-state index contributed by atoms with van der Waals surface area (Å²) >= 11 is 3.31. The van der Waals surface area contributed by atoms with Gasteiger partial charge >= 0.3 is 103 Å². The van der Waals surface area contributed by atoms with Crippen molar-refractivity contribution in [3.05, 3.63) is 59.7 Å². The Morgan fingerprint density at radius 2 is 1.26 bits per heavy atom. The number of rotatable bonds is 7. The third-order valence-electron chi connectivity index (χ3n) is 3.47. The Kier molecular flexibility index (Phi) is 33.6. The molecule has 186 valence electrons. The second-order valence-electron chi connectivity index (χ2n) is 7.63. The second kappa shape index (κ2) is 27.6. The Hall–Kier alpha value is 0.563. The molecule has 0 spiro atoms. The fourth-order valence-corrected chi connectivity index (χ4v) is 1.74. The zero-order valence-corrected chi connectivity index (χ0v) is 29.9. The number of ether oxygens (including phenoxy) is 1. The molecule has 0 unspecified atom stereocenters. The first-order valence-electron chi connectivity index (χ1n) is 10.3. The van der Waals surface area contributed by atoms with E-state index in [4.69, 9.17) is 19.9 Å². The van der Waals surface area contributed by atoms with Gasteiger partial charge in [0, 0.05) is 16.5 Å². The number of hydrogen-bond donors (Lipinski definition) is 1. The van der Waals surface area contributed by atoms with Gasteiger partial charge in [0.2, 0.25) is 0 Å². The van der Waals surface area contributed by atoms with Gasteiger partial charge in [-0.1, -0.05) is 43.6 Å². The standard InChI is InChI=1S/C12H16O2.C8H8O2.C4H9Br.CH2O3.2K.H/c1-9(2)8-14-12-6-4-11(5-7-12)10(3)13;1-6(9)7-2-4-8(10)5-3-7;1-4(2)3-5;2-1-4-3;;;/h4-7,9H,8H2,1-3H3;2-5,10H,1H3;4H,3H2,1-2H3;1,3H;;;/q;;;;2*+1;-1/p-1. The van der Waals surface area contributed by atoms with Crippen LogP contribution in [0, 0.1) is 11.8 Å². The number of ketones is 2. The second-order valence-corrected chi connectivity index (χ2v) is 8.28. The van der Waals surface area contributed by atoms with Crippen molar-refractivity contribution in [3.63, 3.8) is 0 Å². The summed E-state index contributed by atoms with van der Waals surface area (Å²) in [5.74, 6) is 2.42. The van der Waals surface area contributed by atoms with Gasteiger partial charge in [-0.05, 0) is 74.2 Å². The predicted octanol–water partition coefficient (Wildman–Crippen LogP) is -0.889. The van der Waals surface area contributed by atoms with Crippen LogP contribution in [0.4, 0.5) is 0 Å². The maximum atomic E-state index is 11.0. The van der Waals surface area contributed by atoms with Crippen molar-refractivity contribution in [1.82, 2.24) is 0 Å². The van der Waals surface area contributed by atoms with Crippen LogP contribution in [0.5, 0.6) is 11.5 Å². The van der Waals surface area contributed by atoms with Crippen LogP contribution in [-0.4, -0.2) is 35.1 Å². The van der Waals surface area contributed by atoms with Crippen LogP contribution in [0.3, 0.4) is 0 Å². The van der Waals surface area contributed by atoms with Crippen LogP contribution < -0.4 is 113 Å². The zero-order chi connectivity index (χ0) is 25.8. The SMILES string of the molecule is CC(=O)c1ccc(O)cc1.CC(=O)c1ccc(OCC(C)C)cc1.CC(C)CBr.O=CO[O-].[H-].[K+].[K+]. The van der Waals surface area contributed by atoms with Gasteiger partial charge in [-0.15, -0.1) is 0 Å². The number of phenols is 1. The van der Waals surface area contributed by atoms with E-state index in [1.165, 1.54) is 19.1 Å². The molecule has 0 aliphatic heterocycles. The van der Waals surface area contributed by atoms with Gasteiger partial charge in [0.25, 0.3) is 6.47 Å². The number of carbonyl (C=O) groups is 3. The third-order valence-corrected chi connectivity index (χ3v) is 4.76. The van der Waals surface area contributed by atoms with Crippen LogP contribution in [0.1, 0.15) is 63.7 Å². The van der Waals surface area contributed by atoms with Crippen molar-refractivity contribution in [1.29, 1.82) is 0 Å². The summed E-state index contributed by atoms with van der Waals surface area (Å²) in [7, 11) is 0. The number of benzene rings is 2. The predicted molar refractivity (Wildman–Crippen MR) is 132 cm³/mol. The van der Waals surface area contributed by atoms with E-state index in [0.29, 0.717) is 18.1 Å². The first-order valence-corrected chi connectivity index (χ1v) is 11.4. The molecular weight excluding hydrogens is 570 g/mol. The number of halogens is 1. The first kappa shape index (κ1) is 42.6. The molecule has 35 heavy (non-hydrogen) atoms. The van der Waals surface area contributed by atoms with Gasteiger partial charge in [0.15, 0.2) is 11.6 Å². The van der Waals surface area contributed by atoms with E-state index in [1.54, 1.807) is 31.2 Å². The molecule has 1 N–H and O–H groups in total. The average Bonchev–Trinajstić information content (AvgIpc) is 2.79. The average molecular weight is 606 g/mol. The van der Waals surface area contributed by atoms with Gasteiger partial charge in [0.05, 0.1) is 6.61 Å². The summed E-state index contributed by atoms with van der Waals surface area (Å²) in [6.45, 7) is 12.1. The van der Waals surface area contributed by atoms with Crippen LogP contribution in [0.2, 0.25) is 0 Å². The van der Waals surface area contributed by atoms with Crippen molar-refractivity contribution in [2.75, 3.05) is 11.9 Å². The normalized spacial score (nSPS) is 8.74. The molecule has 0 saturated carbocycles. The number of aromatic hydroxyl groups is 1. The van der Waals surface area contributed by atoms with Crippen LogP contribution in [0.25, 0.3) is 0 Å². The van der Waals surface area contributed by atoms with Gasteiger partial charge in [0.1, 0.15) is 11.5 Å². The van der Waals surface area contributed by atoms with E-state index < -0.39 is 0 Å². The van der Waals surface area contributed by atoms with Gasteiger partial charge in [-0.25, -0.2) is 0 Å². The Balaban J connectivity index is -0.000000129. The quantitative estimate of drug-likeness (QED) is 0.109. The number of hydrogen-bond acceptors (Lipinski definition) is 7. The molecular formula is C25H35BrK2O7. The Morgan fingerprint density at radius 1 is 0.914 bits per heavy atom. The molecule has 7 nitrogen and oxygen atoms in total. The van der Waals surface area contributed by atoms with Gasteiger partial charge < -0.3 is 21.4 Å². The first-order chi connectivity index (χ1) is 15.5. The molecule has 2 aromatic carbocycles. The molecule has 0 atom stereocenters. The molecule has 2 rings (SSSR count). The number of alkyl halides is 1. The Morgan fingerprint density at radius 3 is 1.51 bits per heavy atom. The summed E-state index contributed by atoms with van der Waals surface area (Å²) < 4.78 is 5.49. The van der Waals surface area contributed by atoms with Crippen molar-refractivity contribution in [2.45, 2.75) is 41.5 Å². The monoisotopic (exact) mass is 604 g/mol. The van der Waals surface area contributed by atoms with E-state index in [0.717, 1.165) is 22.6 Å². The third kappa shape index (κ3) is 27.4. The molecule has 0 heterocycles. The minimum atomic E-state index is -0.181. The maximum absolute atomic E-state index is 11.0. The largest absolute Gasteiger partial charge is 1.00 e. The Labute approximate surface area is 304 Å². The summed E-state index contributed by atoms with van der Waals surface area (Å²) in [5.41, 5.74) is 1.35. The van der Waals surface area contributed by atoms with Crippen molar-refractivity contribution in [3.8, 4) is 11.5 Å². The molecule has 0 aliphatic carbocycles. The zero-order valence-electron chi connectivity index (χ0n) is 23.0. The summed E-state index contributed by atoms with van der Waals surface area (Å²) in [4.78, 5) is 32.9. The molecule has 0 amide bonds.